The lowest BCUT2D eigenvalue weighted by Crippen LogP contribution is -2.47. The minimum Gasteiger partial charge on any atom is -0.492 e. The predicted octanol–water partition coefficient (Wildman–Crippen LogP) is 1.08. The maximum Gasteiger partial charge on any atom is 0.229 e. The molecule has 0 aliphatic carbocycles. The van der Waals surface area contributed by atoms with E-state index in [1.165, 1.54) is 10.5 Å². The smallest absolute Gasteiger partial charge is 0.229 e. The van der Waals surface area contributed by atoms with E-state index in [1.807, 2.05) is 31.2 Å². The third-order valence-electron chi connectivity index (χ3n) is 3.92. The van der Waals surface area contributed by atoms with Gasteiger partial charge in [-0.2, -0.15) is 0 Å². The van der Waals surface area contributed by atoms with Crippen LogP contribution in [0.25, 0.3) is 0 Å². The number of nitrogens with one attached hydrogen (secondary N) is 2. The van der Waals surface area contributed by atoms with Crippen molar-refractivity contribution in [3.05, 3.63) is 29.8 Å². The number of rotatable bonds is 7. The molecule has 2 rings (SSSR count). The zero-order valence-corrected chi connectivity index (χ0v) is 14.9. The second-order valence-electron chi connectivity index (χ2n) is 5.88. The van der Waals surface area contributed by atoms with E-state index in [4.69, 9.17) is 4.74 Å². The molecule has 25 heavy (non-hydrogen) atoms. The molecule has 1 fully saturated rings. The lowest BCUT2D eigenvalue weighted by molar-refractivity contribution is -0.147. The van der Waals surface area contributed by atoms with Crippen molar-refractivity contribution in [1.82, 2.24) is 15.5 Å². The van der Waals surface area contributed by atoms with Crippen molar-refractivity contribution >= 4 is 17.8 Å². The zero-order chi connectivity index (χ0) is 18.1. The SMILES string of the molecule is CN=C(NCCOc1ccc(C)cc1)NCCN1C(=O)CCCC1=O. The molecule has 0 aromatic heterocycles. The molecule has 1 aliphatic rings. The third-order valence-corrected chi connectivity index (χ3v) is 3.92. The van der Waals surface area contributed by atoms with Crippen molar-refractivity contribution < 1.29 is 14.3 Å². The number of hydrogen-bond donors (Lipinski definition) is 2. The molecule has 0 atom stereocenters. The van der Waals surface area contributed by atoms with Crippen molar-refractivity contribution in [3.63, 3.8) is 0 Å². The summed E-state index contributed by atoms with van der Waals surface area (Å²) in [5.74, 6) is 1.27. The van der Waals surface area contributed by atoms with Gasteiger partial charge in [0.05, 0.1) is 6.54 Å². The van der Waals surface area contributed by atoms with Crippen molar-refractivity contribution in [2.45, 2.75) is 26.2 Å². The third kappa shape index (κ3) is 6.10. The van der Waals surface area contributed by atoms with Gasteiger partial charge in [-0.25, -0.2) is 0 Å². The monoisotopic (exact) mass is 346 g/mol. The molecule has 2 N–H and O–H groups in total. The first kappa shape index (κ1) is 18.8. The Bertz CT molecular complexity index is 597. The fourth-order valence-corrected chi connectivity index (χ4v) is 2.53. The summed E-state index contributed by atoms with van der Waals surface area (Å²) in [5, 5.41) is 6.24. The van der Waals surface area contributed by atoms with Gasteiger partial charge in [-0.1, -0.05) is 17.7 Å². The lowest BCUT2D eigenvalue weighted by Gasteiger charge is -2.25. The van der Waals surface area contributed by atoms with E-state index in [9.17, 15) is 9.59 Å². The fraction of sp³-hybridized carbons (Fsp3) is 0.500. The van der Waals surface area contributed by atoms with Crippen LogP contribution in [0.5, 0.6) is 5.75 Å². The van der Waals surface area contributed by atoms with Crippen LogP contribution in [-0.2, 0) is 9.59 Å². The summed E-state index contributed by atoms with van der Waals surface area (Å²) in [7, 11) is 1.67. The Hall–Kier alpha value is -2.57. The van der Waals surface area contributed by atoms with Gasteiger partial charge in [0.25, 0.3) is 0 Å². The Morgan fingerprint density at radius 1 is 1.12 bits per heavy atom. The number of guanidine groups is 1. The van der Waals surface area contributed by atoms with Crippen LogP contribution in [0.15, 0.2) is 29.3 Å². The maximum absolute atomic E-state index is 11.7. The summed E-state index contributed by atoms with van der Waals surface area (Å²) in [6.07, 6.45) is 1.57. The van der Waals surface area contributed by atoms with Gasteiger partial charge < -0.3 is 15.4 Å². The average Bonchev–Trinajstić information content (AvgIpc) is 2.61. The number of amides is 2. The minimum atomic E-state index is -0.0903. The molecule has 0 radical (unpaired) electrons. The topological polar surface area (TPSA) is 83.0 Å². The van der Waals surface area contributed by atoms with Crippen molar-refractivity contribution in [2.24, 2.45) is 4.99 Å². The van der Waals surface area contributed by atoms with Crippen LogP contribution >= 0.6 is 0 Å². The lowest BCUT2D eigenvalue weighted by atomic mass is 10.1. The Balaban J connectivity index is 1.64. The van der Waals surface area contributed by atoms with Gasteiger partial charge in [0.1, 0.15) is 12.4 Å². The van der Waals surface area contributed by atoms with E-state index in [-0.39, 0.29) is 11.8 Å². The van der Waals surface area contributed by atoms with E-state index < -0.39 is 0 Å². The fourth-order valence-electron chi connectivity index (χ4n) is 2.53. The maximum atomic E-state index is 11.7. The second kappa shape index (κ2) is 9.66. The van der Waals surface area contributed by atoms with Crippen LogP contribution in [0, 0.1) is 6.92 Å². The molecule has 1 saturated heterocycles. The van der Waals surface area contributed by atoms with E-state index in [2.05, 4.69) is 15.6 Å². The molecule has 0 spiro atoms. The molecule has 1 aromatic carbocycles. The number of imide groups is 1. The normalized spacial score (nSPS) is 15.3. The molecular weight excluding hydrogens is 320 g/mol. The van der Waals surface area contributed by atoms with Gasteiger partial charge in [0, 0.05) is 33.0 Å². The number of aryl methyl sites for hydroxylation is 1. The Labute approximate surface area is 148 Å². The first-order valence-corrected chi connectivity index (χ1v) is 8.57. The predicted molar refractivity (Wildman–Crippen MR) is 96.6 cm³/mol. The standard InChI is InChI=1S/C18H26N4O3/c1-14-6-8-15(9-7-14)25-13-11-21-18(19-2)20-10-12-22-16(23)4-3-5-17(22)24/h6-9H,3-5,10-13H2,1-2H3,(H2,19,20,21). The van der Waals surface area contributed by atoms with Crippen LogP contribution in [0.2, 0.25) is 0 Å². The molecule has 7 nitrogen and oxygen atoms in total. The summed E-state index contributed by atoms with van der Waals surface area (Å²) in [4.78, 5) is 28.9. The Morgan fingerprint density at radius 2 is 1.76 bits per heavy atom. The second-order valence-corrected chi connectivity index (χ2v) is 5.88. The van der Waals surface area contributed by atoms with Gasteiger partial charge >= 0.3 is 0 Å². The number of piperidine rings is 1. The molecule has 2 amide bonds. The first-order chi connectivity index (χ1) is 12.1. The van der Waals surface area contributed by atoms with Gasteiger partial charge in [-0.05, 0) is 25.5 Å². The number of ether oxygens (including phenoxy) is 1. The summed E-state index contributed by atoms with van der Waals surface area (Å²) in [5.41, 5.74) is 1.20. The van der Waals surface area contributed by atoms with E-state index in [0.29, 0.717) is 51.5 Å². The molecule has 136 valence electrons. The number of hydrogen-bond acceptors (Lipinski definition) is 4. The molecule has 0 bridgehead atoms. The molecular formula is C18H26N4O3. The summed E-state index contributed by atoms with van der Waals surface area (Å²) in [6, 6.07) is 7.89. The highest BCUT2D eigenvalue weighted by Gasteiger charge is 2.25. The van der Waals surface area contributed by atoms with Gasteiger partial charge in [0.15, 0.2) is 5.96 Å². The van der Waals surface area contributed by atoms with Crippen LogP contribution in [0.3, 0.4) is 0 Å². The van der Waals surface area contributed by atoms with Gasteiger partial charge in [-0.3, -0.25) is 19.5 Å². The molecule has 1 aliphatic heterocycles. The van der Waals surface area contributed by atoms with Gasteiger partial charge in [-0.15, -0.1) is 0 Å². The number of carbonyl (C=O) groups is 2. The zero-order valence-electron chi connectivity index (χ0n) is 14.9. The first-order valence-electron chi connectivity index (χ1n) is 8.57. The van der Waals surface area contributed by atoms with Crippen molar-refractivity contribution in [3.8, 4) is 5.75 Å². The average molecular weight is 346 g/mol. The molecule has 1 heterocycles. The van der Waals surface area contributed by atoms with Gasteiger partial charge in [0.2, 0.25) is 11.8 Å². The number of aliphatic imine (C=N–C) groups is 1. The van der Waals surface area contributed by atoms with Crippen molar-refractivity contribution in [2.75, 3.05) is 33.3 Å². The highest BCUT2D eigenvalue weighted by molar-refractivity contribution is 5.97. The number of nitrogens with zero attached hydrogens (tertiary/aromatic N) is 2. The summed E-state index contributed by atoms with van der Waals surface area (Å²) in [6.45, 7) is 3.96. The largest absolute Gasteiger partial charge is 0.492 e. The van der Waals surface area contributed by atoms with E-state index in [1.54, 1.807) is 7.05 Å². The Kier molecular flexibility index (Phi) is 7.25. The quantitative estimate of drug-likeness (QED) is 0.334. The molecule has 0 saturated carbocycles. The highest BCUT2D eigenvalue weighted by Crippen LogP contribution is 2.11. The Morgan fingerprint density at radius 3 is 2.40 bits per heavy atom. The molecule has 7 heteroatoms. The van der Waals surface area contributed by atoms with Crippen LogP contribution < -0.4 is 15.4 Å². The molecule has 1 aromatic rings. The molecule has 0 unspecified atom stereocenters. The number of benzene rings is 1. The summed E-state index contributed by atoms with van der Waals surface area (Å²) < 4.78 is 5.64. The van der Waals surface area contributed by atoms with Crippen molar-refractivity contribution in [1.29, 1.82) is 0 Å². The minimum absolute atomic E-state index is 0.0903. The van der Waals surface area contributed by atoms with Crippen LogP contribution in [0.4, 0.5) is 0 Å². The number of carbonyl (C=O) groups excluding carboxylic acids is 2. The summed E-state index contributed by atoms with van der Waals surface area (Å²) >= 11 is 0. The van der Waals surface area contributed by atoms with Crippen LogP contribution in [0.1, 0.15) is 24.8 Å². The van der Waals surface area contributed by atoms with E-state index >= 15 is 0 Å². The van der Waals surface area contributed by atoms with E-state index in [0.717, 1.165) is 5.75 Å². The number of likely N-dealkylation sites (tertiary alicyclic amines) is 1. The highest BCUT2D eigenvalue weighted by atomic mass is 16.5. The van der Waals surface area contributed by atoms with Crippen LogP contribution in [-0.4, -0.2) is 56.0 Å².